The van der Waals surface area contributed by atoms with Crippen LogP contribution in [0.3, 0.4) is 0 Å². The van der Waals surface area contributed by atoms with Crippen molar-refractivity contribution in [2.75, 3.05) is 43.4 Å². The molecule has 2 aliphatic heterocycles. The first-order chi connectivity index (χ1) is 36.2. The van der Waals surface area contributed by atoms with Crippen molar-refractivity contribution >= 4 is 57.2 Å². The second-order valence-corrected chi connectivity index (χ2v) is 18.0. The Morgan fingerprint density at radius 3 is 1.61 bits per heavy atom. The van der Waals surface area contributed by atoms with Gasteiger partial charge in [-0.15, -0.1) is 0 Å². The number of nitrogens with one attached hydrogen (secondary N) is 2. The molecule has 2 saturated heterocycles. The van der Waals surface area contributed by atoms with E-state index >= 15 is 0 Å². The lowest BCUT2D eigenvalue weighted by Gasteiger charge is -2.34. The minimum Gasteiger partial charge on any atom is -0.457 e. The molecule has 4 aromatic carbocycles. The lowest BCUT2D eigenvalue weighted by Crippen LogP contribution is -2.44. The van der Waals surface area contributed by atoms with Gasteiger partial charge in [0.05, 0.1) is 22.9 Å². The van der Waals surface area contributed by atoms with Crippen LogP contribution in [-0.2, 0) is 19.2 Å². The normalized spacial score (nSPS) is 16.2. The van der Waals surface area contributed by atoms with E-state index in [1.807, 2.05) is 114 Å². The van der Waals surface area contributed by atoms with Crippen LogP contribution >= 0.6 is 0 Å². The molecule has 8 aromatic rings. The molecule has 3 amide bonds. The van der Waals surface area contributed by atoms with Crippen molar-refractivity contribution in [2.24, 2.45) is 5.92 Å². The minimum absolute atomic E-state index is 0.0657. The number of carbonyl (C=O) groups is 4. The number of allylic oxidation sites excluding steroid dienone is 1. The zero-order chi connectivity index (χ0) is 51.1. The SMILES string of the molecule is C=CC(=O)Nc1ncnc2c1c(-c1ccc(Oc3ccccc3)cc1)nn2C1CCCN(CC(C(=O)C=C)C(=O)Nc2ncnc3c2c(-c2ccc(Oc4ccccc4)cc2)nn3C2CCCN(C(=O)C=C)C2)C1. The van der Waals surface area contributed by atoms with Crippen molar-refractivity contribution in [3.63, 3.8) is 0 Å². The van der Waals surface area contributed by atoms with Crippen LogP contribution in [0.15, 0.2) is 160 Å². The third-order valence-corrected chi connectivity index (χ3v) is 13.2. The Bertz CT molecular complexity index is 3400. The quantitative estimate of drug-likeness (QED) is 0.0647. The Balaban J connectivity index is 0.940. The van der Waals surface area contributed by atoms with Gasteiger partial charge in [-0.3, -0.25) is 24.1 Å². The summed E-state index contributed by atoms with van der Waals surface area (Å²) in [6, 6.07) is 33.3. The molecule has 2 aliphatic rings. The van der Waals surface area contributed by atoms with Gasteiger partial charge < -0.3 is 25.0 Å². The molecule has 4 aromatic heterocycles. The molecule has 0 aliphatic carbocycles. The summed E-state index contributed by atoms with van der Waals surface area (Å²) in [5.74, 6) is 0.244. The number of amides is 3. The van der Waals surface area contributed by atoms with Crippen LogP contribution in [0.1, 0.15) is 37.8 Å². The third-order valence-electron chi connectivity index (χ3n) is 13.2. The number of likely N-dealkylation sites (tertiary alicyclic amines) is 2. The number of ketones is 1. The average molecular weight is 989 g/mol. The predicted molar refractivity (Wildman–Crippen MR) is 280 cm³/mol. The van der Waals surface area contributed by atoms with Gasteiger partial charge in [0.2, 0.25) is 17.7 Å². The molecule has 3 atom stereocenters. The van der Waals surface area contributed by atoms with Crippen molar-refractivity contribution < 1.29 is 28.7 Å². The van der Waals surface area contributed by atoms with Gasteiger partial charge in [0.1, 0.15) is 64.6 Å². The number of carbonyl (C=O) groups excluding carboxylic acids is 4. The van der Waals surface area contributed by atoms with E-state index in [1.165, 1.54) is 30.9 Å². The topological polar surface area (TPSA) is 204 Å². The van der Waals surface area contributed by atoms with Gasteiger partial charge >= 0.3 is 0 Å². The molecule has 10 rings (SSSR count). The number of benzene rings is 4. The summed E-state index contributed by atoms with van der Waals surface area (Å²) >= 11 is 0. The van der Waals surface area contributed by atoms with Gasteiger partial charge in [0, 0.05) is 37.3 Å². The summed E-state index contributed by atoms with van der Waals surface area (Å²) in [6.07, 6.45) is 9.30. The maximum absolute atomic E-state index is 14.7. The zero-order valence-corrected chi connectivity index (χ0v) is 40.4. The summed E-state index contributed by atoms with van der Waals surface area (Å²) in [7, 11) is 0. The van der Waals surface area contributed by atoms with E-state index in [1.54, 1.807) is 9.58 Å². The molecule has 18 nitrogen and oxygen atoms in total. The number of hydrogen-bond acceptors (Lipinski definition) is 13. The monoisotopic (exact) mass is 988 g/mol. The molecule has 74 heavy (non-hydrogen) atoms. The van der Waals surface area contributed by atoms with Crippen molar-refractivity contribution in [1.82, 2.24) is 49.3 Å². The molecule has 3 unspecified atom stereocenters. The fourth-order valence-electron chi connectivity index (χ4n) is 9.61. The first-order valence-electron chi connectivity index (χ1n) is 24.3. The van der Waals surface area contributed by atoms with E-state index in [0.717, 1.165) is 24.8 Å². The number of hydrogen-bond donors (Lipinski definition) is 2. The van der Waals surface area contributed by atoms with Gasteiger partial charge in [0.25, 0.3) is 0 Å². The van der Waals surface area contributed by atoms with E-state index in [-0.39, 0.29) is 36.2 Å². The van der Waals surface area contributed by atoms with Crippen LogP contribution in [0, 0.1) is 5.92 Å². The van der Waals surface area contributed by atoms with Gasteiger partial charge in [-0.2, -0.15) is 10.2 Å². The van der Waals surface area contributed by atoms with E-state index in [9.17, 15) is 19.2 Å². The number of anilines is 2. The van der Waals surface area contributed by atoms with Gasteiger partial charge in [-0.05, 0) is 123 Å². The summed E-state index contributed by atoms with van der Waals surface area (Å²) in [5.41, 5.74) is 3.44. The molecule has 0 saturated carbocycles. The highest BCUT2D eigenvalue weighted by Crippen LogP contribution is 2.38. The number of piperidine rings is 2. The number of aromatic nitrogens is 8. The Morgan fingerprint density at radius 2 is 1.09 bits per heavy atom. The highest BCUT2D eigenvalue weighted by atomic mass is 16.5. The Labute approximate surface area is 426 Å². The van der Waals surface area contributed by atoms with E-state index in [2.05, 4.69) is 50.2 Å². The second kappa shape index (κ2) is 21.7. The molecule has 6 heterocycles. The maximum atomic E-state index is 14.7. The van der Waals surface area contributed by atoms with Crippen molar-refractivity contribution in [2.45, 2.75) is 37.8 Å². The highest BCUT2D eigenvalue weighted by molar-refractivity contribution is 6.13. The standard InChI is InChI=1S/C56H52N12O6/c1-4-45(69)44(33-65-29-13-15-38(31-65)67-54-48(52(57-34-59-54)61-46(70)5-2)50(63-67)36-21-25-42(26-22-36)73-40-17-9-7-10-18-40)56(72)62-53-49-51(37-23-27-43(28-24-37)74-41-19-11-8-12-20-41)64-68(55(49)60-35-58-53)39-16-14-30-66(32-39)47(71)6-3/h4-12,17-28,34-35,38-39,44H,1-3,13-16,29-33H2,(H,57,59,61,70)(H,58,60,62,72). The predicted octanol–water partition coefficient (Wildman–Crippen LogP) is 9.01. The minimum atomic E-state index is -1.18. The number of para-hydroxylation sites is 2. The maximum Gasteiger partial charge on any atom is 0.248 e. The highest BCUT2D eigenvalue weighted by Gasteiger charge is 2.34. The number of ether oxygens (including phenoxy) is 2. The largest absolute Gasteiger partial charge is 0.457 e. The lowest BCUT2D eigenvalue weighted by molar-refractivity contribution is -0.130. The summed E-state index contributed by atoms with van der Waals surface area (Å²) < 4.78 is 15.8. The van der Waals surface area contributed by atoms with E-state index < -0.39 is 23.5 Å². The van der Waals surface area contributed by atoms with Crippen LogP contribution in [0.5, 0.6) is 23.0 Å². The molecule has 2 fully saturated rings. The van der Waals surface area contributed by atoms with E-state index in [0.29, 0.717) is 94.6 Å². The molecule has 0 bridgehead atoms. The van der Waals surface area contributed by atoms with Crippen LogP contribution in [0.25, 0.3) is 44.6 Å². The first-order valence-corrected chi connectivity index (χ1v) is 24.3. The van der Waals surface area contributed by atoms with Crippen molar-refractivity contribution in [1.29, 1.82) is 0 Å². The number of fused-ring (bicyclic) bond motifs is 2. The first kappa shape index (κ1) is 48.5. The lowest BCUT2D eigenvalue weighted by atomic mass is 9.99. The van der Waals surface area contributed by atoms with Gasteiger partial charge in [-0.1, -0.05) is 56.1 Å². The summed E-state index contributed by atoms with van der Waals surface area (Å²) in [4.78, 5) is 76.2. The van der Waals surface area contributed by atoms with E-state index in [4.69, 9.17) is 24.7 Å². The van der Waals surface area contributed by atoms with Crippen LogP contribution < -0.4 is 20.1 Å². The van der Waals surface area contributed by atoms with Crippen molar-refractivity contribution in [3.8, 4) is 45.5 Å². The Kier molecular flexibility index (Phi) is 14.2. The molecule has 372 valence electrons. The molecule has 2 N–H and O–H groups in total. The van der Waals surface area contributed by atoms with Gasteiger partial charge in [0.15, 0.2) is 17.1 Å². The summed E-state index contributed by atoms with van der Waals surface area (Å²) in [6.45, 7) is 13.1. The fraction of sp³-hybridized carbons (Fsp3) is 0.214. The second-order valence-electron chi connectivity index (χ2n) is 18.0. The smallest absolute Gasteiger partial charge is 0.248 e. The molecule has 18 heteroatoms. The number of nitrogens with zero attached hydrogens (tertiary/aromatic N) is 10. The van der Waals surface area contributed by atoms with Crippen LogP contribution in [-0.4, -0.2) is 106 Å². The Hall–Kier alpha value is -9.16. The number of rotatable bonds is 17. The molecular formula is C56H52N12O6. The van der Waals surface area contributed by atoms with Crippen LogP contribution in [0.4, 0.5) is 11.6 Å². The Morgan fingerprint density at radius 1 is 0.595 bits per heavy atom. The van der Waals surface area contributed by atoms with Gasteiger partial charge in [-0.25, -0.2) is 29.3 Å². The van der Waals surface area contributed by atoms with Crippen LogP contribution in [0.2, 0.25) is 0 Å². The molecular weight excluding hydrogens is 937 g/mol. The zero-order valence-electron chi connectivity index (χ0n) is 40.4. The third kappa shape index (κ3) is 10.3. The fourth-order valence-corrected chi connectivity index (χ4v) is 9.61. The molecule has 0 spiro atoms. The molecule has 0 radical (unpaired) electrons. The summed E-state index contributed by atoms with van der Waals surface area (Å²) in [5, 5.41) is 17.1. The van der Waals surface area contributed by atoms with Crippen molar-refractivity contribution in [3.05, 3.63) is 160 Å². The average Bonchev–Trinajstić information content (AvgIpc) is 4.05.